The van der Waals surface area contributed by atoms with Gasteiger partial charge in [-0.2, -0.15) is 0 Å². The van der Waals surface area contributed by atoms with Crippen LogP contribution in [-0.2, 0) is 14.8 Å². The van der Waals surface area contributed by atoms with Gasteiger partial charge < -0.3 is 19.9 Å². The minimum atomic E-state index is -3.65. The first-order valence-electron chi connectivity index (χ1n) is 9.19. The molecule has 0 bridgehead atoms. The fourth-order valence-electron chi connectivity index (χ4n) is 3.49. The number of nitrogens with one attached hydrogen (secondary N) is 1. The molecule has 0 aliphatic carbocycles. The smallest absolute Gasteiger partial charge is 0.235 e. The fourth-order valence-corrected chi connectivity index (χ4v) is 5.22. The number of anilines is 2. The molecule has 1 fully saturated rings. The molecule has 0 unspecified atom stereocenters. The summed E-state index contributed by atoms with van der Waals surface area (Å²) < 4.78 is 32.1. The third-order valence-corrected chi connectivity index (χ3v) is 7.00. The summed E-state index contributed by atoms with van der Waals surface area (Å²) in [7, 11) is -3.65. The van der Waals surface area contributed by atoms with Crippen LogP contribution >= 0.6 is 11.6 Å². The molecule has 9 nitrogen and oxygen atoms in total. The van der Waals surface area contributed by atoms with Gasteiger partial charge >= 0.3 is 0 Å². The maximum absolute atomic E-state index is 13.0. The largest absolute Gasteiger partial charge is 0.506 e. The van der Waals surface area contributed by atoms with Crippen molar-refractivity contribution >= 4 is 49.9 Å². The van der Waals surface area contributed by atoms with Gasteiger partial charge in [-0.3, -0.25) is 13.9 Å². The number of halogens is 1. The van der Waals surface area contributed by atoms with E-state index in [-0.39, 0.29) is 56.7 Å². The highest BCUT2D eigenvalue weighted by Crippen LogP contribution is 2.39. The van der Waals surface area contributed by atoms with Crippen LogP contribution in [0, 0.1) is 0 Å². The summed E-state index contributed by atoms with van der Waals surface area (Å²) in [5, 5.41) is 22.5. The highest BCUT2D eigenvalue weighted by molar-refractivity contribution is 7.93. The molecule has 11 heteroatoms. The molecule has 2 aromatic carbocycles. The molecule has 1 amide bonds. The number of hydrogen-bond donors (Lipinski definition) is 3. The number of rotatable bonds is 3. The van der Waals surface area contributed by atoms with Crippen LogP contribution < -0.4 is 15.1 Å². The Hall–Kier alpha value is -3.24. The lowest BCUT2D eigenvalue weighted by molar-refractivity contribution is -0.114. The van der Waals surface area contributed by atoms with E-state index in [2.05, 4.69) is 5.32 Å². The Balaban J connectivity index is 2.06. The molecular weight excluding hydrogens is 448 g/mol. The van der Waals surface area contributed by atoms with Crippen molar-refractivity contribution in [1.82, 2.24) is 0 Å². The molecule has 31 heavy (non-hydrogen) atoms. The molecule has 2 heterocycles. The summed E-state index contributed by atoms with van der Waals surface area (Å²) in [6.07, 6.45) is 0.386. The molecule has 0 radical (unpaired) electrons. The topological polar surface area (TPSA) is 137 Å². The number of aromatic hydroxyl groups is 2. The van der Waals surface area contributed by atoms with E-state index in [0.29, 0.717) is 6.42 Å². The van der Waals surface area contributed by atoms with Crippen LogP contribution in [0.25, 0.3) is 22.3 Å². The zero-order chi connectivity index (χ0) is 22.5. The van der Waals surface area contributed by atoms with Crippen molar-refractivity contribution in [3.05, 3.63) is 45.6 Å². The van der Waals surface area contributed by atoms with Crippen LogP contribution in [0.2, 0.25) is 5.02 Å². The Morgan fingerprint density at radius 3 is 2.58 bits per heavy atom. The first-order valence-corrected chi connectivity index (χ1v) is 11.2. The second-order valence-electron chi connectivity index (χ2n) is 7.07. The van der Waals surface area contributed by atoms with E-state index in [1.807, 2.05) is 0 Å². The predicted octanol–water partition coefficient (Wildman–Crippen LogP) is 3.02. The van der Waals surface area contributed by atoms with Gasteiger partial charge in [0.05, 0.1) is 21.8 Å². The van der Waals surface area contributed by atoms with Crippen LogP contribution in [0.4, 0.5) is 11.4 Å². The molecule has 3 aromatic rings. The van der Waals surface area contributed by atoms with E-state index in [1.165, 1.54) is 37.3 Å². The van der Waals surface area contributed by atoms with Crippen LogP contribution in [0.1, 0.15) is 13.3 Å². The van der Waals surface area contributed by atoms with Crippen LogP contribution in [0.5, 0.6) is 11.5 Å². The molecule has 0 spiro atoms. The molecule has 1 aromatic heterocycles. The lowest BCUT2D eigenvalue weighted by atomic mass is 10.1. The van der Waals surface area contributed by atoms with Gasteiger partial charge in [-0.1, -0.05) is 11.6 Å². The van der Waals surface area contributed by atoms with Gasteiger partial charge in [-0.15, -0.1) is 0 Å². The quantitative estimate of drug-likeness (QED) is 0.541. The van der Waals surface area contributed by atoms with Gasteiger partial charge in [0.2, 0.25) is 27.1 Å². The van der Waals surface area contributed by atoms with Gasteiger partial charge in [-0.05, 0) is 36.8 Å². The average Bonchev–Trinajstić information content (AvgIpc) is 3.05. The standard InChI is InChI=1S/C20H17ClN2O7S/c1-10(24)22-12-8-13-17(26)18(27)19(11-3-4-16(25)14(21)7-11)30-20(13)15(9-12)23-5-2-6-31(23,28)29/h3-4,7-9,25,27H,2,5-6H2,1H3,(H,22,24). The van der Waals surface area contributed by atoms with Crippen molar-refractivity contribution in [3.8, 4) is 22.8 Å². The fraction of sp³-hybridized carbons (Fsp3) is 0.200. The van der Waals surface area contributed by atoms with Crippen molar-refractivity contribution in [1.29, 1.82) is 0 Å². The maximum Gasteiger partial charge on any atom is 0.235 e. The second-order valence-corrected chi connectivity index (χ2v) is 9.49. The Morgan fingerprint density at radius 2 is 1.97 bits per heavy atom. The van der Waals surface area contributed by atoms with Crippen molar-refractivity contribution in [3.63, 3.8) is 0 Å². The SMILES string of the molecule is CC(=O)Nc1cc(N2CCCS2(=O)=O)c2oc(-c3ccc(O)c(Cl)c3)c(O)c(=O)c2c1. The Kier molecular flexibility index (Phi) is 5.06. The average molecular weight is 465 g/mol. The van der Waals surface area contributed by atoms with Crippen LogP contribution in [0.3, 0.4) is 0 Å². The molecular formula is C20H17ClN2O7S. The number of hydrogen-bond acceptors (Lipinski definition) is 7. The lowest BCUT2D eigenvalue weighted by Gasteiger charge is -2.20. The van der Waals surface area contributed by atoms with E-state index >= 15 is 0 Å². The monoisotopic (exact) mass is 464 g/mol. The number of phenols is 1. The lowest BCUT2D eigenvalue weighted by Crippen LogP contribution is -2.26. The van der Waals surface area contributed by atoms with E-state index in [9.17, 15) is 28.2 Å². The highest BCUT2D eigenvalue weighted by atomic mass is 35.5. The second kappa shape index (κ2) is 7.47. The number of benzene rings is 2. The first-order chi connectivity index (χ1) is 14.6. The third-order valence-electron chi connectivity index (χ3n) is 4.85. The minimum Gasteiger partial charge on any atom is -0.506 e. The van der Waals surface area contributed by atoms with Gasteiger partial charge in [0.1, 0.15) is 5.75 Å². The summed E-state index contributed by atoms with van der Waals surface area (Å²) in [5.74, 6) is -1.63. The van der Waals surface area contributed by atoms with Gasteiger partial charge in [0.15, 0.2) is 11.3 Å². The number of nitrogens with zero attached hydrogens (tertiary/aromatic N) is 1. The van der Waals surface area contributed by atoms with Gasteiger partial charge in [0.25, 0.3) is 0 Å². The molecule has 1 aliphatic rings. The number of sulfonamides is 1. The van der Waals surface area contributed by atoms with Crippen molar-refractivity contribution < 1.29 is 27.8 Å². The number of fused-ring (bicyclic) bond motifs is 1. The molecule has 1 saturated heterocycles. The molecule has 0 saturated carbocycles. The molecule has 162 valence electrons. The predicted molar refractivity (Wildman–Crippen MR) is 116 cm³/mol. The number of amides is 1. The van der Waals surface area contributed by atoms with Gasteiger partial charge in [-0.25, -0.2) is 8.42 Å². The van der Waals surface area contributed by atoms with Crippen LogP contribution in [0.15, 0.2) is 39.5 Å². The highest BCUT2D eigenvalue weighted by Gasteiger charge is 2.32. The number of carbonyl (C=O) groups excluding carboxylic acids is 1. The van der Waals surface area contributed by atoms with Crippen molar-refractivity contribution in [2.75, 3.05) is 21.9 Å². The molecule has 1 aliphatic heterocycles. The summed E-state index contributed by atoms with van der Waals surface area (Å²) in [5.41, 5.74) is -0.418. The Morgan fingerprint density at radius 1 is 1.23 bits per heavy atom. The van der Waals surface area contributed by atoms with E-state index in [0.717, 1.165) is 4.31 Å². The van der Waals surface area contributed by atoms with E-state index < -0.39 is 27.1 Å². The van der Waals surface area contributed by atoms with E-state index in [1.54, 1.807) is 0 Å². The minimum absolute atomic E-state index is 0.0250. The Labute approximate surface area is 181 Å². The Bertz CT molecular complexity index is 1400. The number of carbonyl (C=O) groups is 1. The summed E-state index contributed by atoms with van der Waals surface area (Å²) >= 11 is 5.94. The van der Waals surface area contributed by atoms with Crippen molar-refractivity contribution in [2.24, 2.45) is 0 Å². The summed E-state index contributed by atoms with van der Waals surface area (Å²) in [6, 6.07) is 6.68. The zero-order valence-corrected chi connectivity index (χ0v) is 17.7. The number of phenolic OH excluding ortho intramolecular Hbond substituents is 1. The molecule has 4 rings (SSSR count). The zero-order valence-electron chi connectivity index (χ0n) is 16.2. The summed E-state index contributed by atoms with van der Waals surface area (Å²) in [6.45, 7) is 1.44. The van der Waals surface area contributed by atoms with Crippen LogP contribution in [-0.4, -0.2) is 36.8 Å². The third kappa shape index (κ3) is 3.68. The van der Waals surface area contributed by atoms with Crippen molar-refractivity contribution in [2.45, 2.75) is 13.3 Å². The molecule has 0 atom stereocenters. The normalized spacial score (nSPS) is 15.4. The summed E-state index contributed by atoms with van der Waals surface area (Å²) in [4.78, 5) is 24.5. The first kappa shape index (κ1) is 21.0. The van der Waals surface area contributed by atoms with Gasteiger partial charge in [0, 0.05) is 24.7 Å². The van der Waals surface area contributed by atoms with E-state index in [4.69, 9.17) is 16.0 Å². The maximum atomic E-state index is 13.0. The molecule has 3 N–H and O–H groups in total.